The molecular weight excluding hydrogens is 496 g/mol. The quantitative estimate of drug-likeness (QED) is 0.304. The fraction of sp³-hybridized carbons (Fsp3) is 0.310. The number of ether oxygens (including phenoxy) is 2. The Hall–Kier alpha value is -4.44. The monoisotopic (exact) mass is 528 g/mol. The normalized spacial score (nSPS) is 17.6. The van der Waals surface area contributed by atoms with Crippen LogP contribution in [0.3, 0.4) is 0 Å². The van der Waals surface area contributed by atoms with Crippen LogP contribution in [0.1, 0.15) is 34.1 Å². The van der Waals surface area contributed by atoms with Gasteiger partial charge in [0.2, 0.25) is 5.91 Å². The van der Waals surface area contributed by atoms with E-state index in [-0.39, 0.29) is 23.7 Å². The molecule has 2 N–H and O–H groups in total. The predicted molar refractivity (Wildman–Crippen MR) is 147 cm³/mol. The predicted octanol–water partition coefficient (Wildman–Crippen LogP) is 3.24. The van der Waals surface area contributed by atoms with Gasteiger partial charge in [0.05, 0.1) is 32.5 Å². The van der Waals surface area contributed by atoms with E-state index in [2.05, 4.69) is 37.7 Å². The third-order valence-corrected chi connectivity index (χ3v) is 7.10. The maximum Gasteiger partial charge on any atom is 0.360 e. The Kier molecular flexibility index (Phi) is 8.02. The molecule has 5 rings (SSSR count). The number of likely N-dealkylation sites (tertiary alicyclic amines) is 1. The van der Waals surface area contributed by atoms with Crippen LogP contribution in [0.2, 0.25) is 0 Å². The minimum Gasteiger partial charge on any atom is -0.497 e. The maximum atomic E-state index is 13.4. The number of carbonyl (C=O) groups is 2. The van der Waals surface area contributed by atoms with Crippen molar-refractivity contribution in [2.24, 2.45) is 0 Å². The van der Waals surface area contributed by atoms with Crippen molar-refractivity contribution in [2.45, 2.75) is 24.9 Å². The first-order valence-corrected chi connectivity index (χ1v) is 12.9. The minimum absolute atomic E-state index is 0.0245. The molecule has 0 saturated carbocycles. The summed E-state index contributed by atoms with van der Waals surface area (Å²) in [4.78, 5) is 30.6. The van der Waals surface area contributed by atoms with E-state index in [4.69, 9.17) is 9.47 Å². The average molecular weight is 529 g/mol. The van der Waals surface area contributed by atoms with Crippen molar-refractivity contribution in [1.29, 1.82) is 0 Å². The number of aromatic amines is 1. The van der Waals surface area contributed by atoms with Crippen LogP contribution in [0.4, 0.5) is 0 Å². The summed E-state index contributed by atoms with van der Waals surface area (Å²) in [5.74, 6) is 0.242. The molecule has 2 aromatic heterocycles. The van der Waals surface area contributed by atoms with Crippen LogP contribution in [0.5, 0.6) is 5.75 Å². The highest BCUT2D eigenvalue weighted by molar-refractivity contribution is 5.86. The van der Waals surface area contributed by atoms with Gasteiger partial charge >= 0.3 is 5.97 Å². The molecule has 1 aliphatic rings. The molecule has 39 heavy (non-hydrogen) atoms. The zero-order valence-corrected chi connectivity index (χ0v) is 22.0. The van der Waals surface area contributed by atoms with Gasteiger partial charge in [-0.25, -0.2) is 9.48 Å². The summed E-state index contributed by atoms with van der Waals surface area (Å²) in [5.41, 5.74) is 3.46. The average Bonchev–Trinajstić information content (AvgIpc) is 3.72. The first kappa shape index (κ1) is 26.2. The lowest BCUT2D eigenvalue weighted by Crippen LogP contribution is -2.43. The van der Waals surface area contributed by atoms with E-state index in [1.165, 1.54) is 18.1 Å². The number of H-pyrrole nitrogens is 1. The van der Waals surface area contributed by atoms with E-state index in [0.29, 0.717) is 26.1 Å². The van der Waals surface area contributed by atoms with Gasteiger partial charge in [-0.15, -0.1) is 5.10 Å². The zero-order chi connectivity index (χ0) is 27.2. The fourth-order valence-electron chi connectivity index (χ4n) is 5.01. The van der Waals surface area contributed by atoms with Crippen molar-refractivity contribution < 1.29 is 19.1 Å². The molecule has 1 saturated heterocycles. The van der Waals surface area contributed by atoms with Crippen molar-refractivity contribution in [3.8, 4) is 5.75 Å². The molecule has 0 aliphatic carbocycles. The minimum atomic E-state index is -0.537. The molecule has 2 atom stereocenters. The summed E-state index contributed by atoms with van der Waals surface area (Å²) in [6.07, 6.45) is 8.96. The molecule has 2 aromatic carbocycles. The maximum absolute atomic E-state index is 13.4. The summed E-state index contributed by atoms with van der Waals surface area (Å²) >= 11 is 0. The number of amides is 1. The number of hydrogen-bond donors (Lipinski definition) is 2. The van der Waals surface area contributed by atoms with E-state index in [9.17, 15) is 9.59 Å². The lowest BCUT2D eigenvalue weighted by atomic mass is 10.1. The van der Waals surface area contributed by atoms with E-state index < -0.39 is 5.97 Å². The number of aromatic nitrogens is 4. The van der Waals surface area contributed by atoms with Crippen molar-refractivity contribution in [3.05, 3.63) is 83.8 Å². The molecule has 10 heteroatoms. The highest BCUT2D eigenvalue weighted by Crippen LogP contribution is 2.27. The fourth-order valence-corrected chi connectivity index (χ4v) is 5.01. The highest BCUT2D eigenvalue weighted by Gasteiger charge is 2.37. The number of rotatable bonds is 10. The molecule has 0 unspecified atom stereocenters. The molecule has 0 spiro atoms. The van der Waals surface area contributed by atoms with Crippen LogP contribution in [-0.4, -0.2) is 76.6 Å². The number of nitrogens with one attached hydrogen (secondary N) is 2. The van der Waals surface area contributed by atoms with E-state index in [1.54, 1.807) is 18.0 Å². The van der Waals surface area contributed by atoms with Crippen molar-refractivity contribution in [1.82, 2.24) is 30.2 Å². The van der Waals surface area contributed by atoms with Gasteiger partial charge in [-0.3, -0.25) is 9.69 Å². The number of carbonyl (C=O) groups excluding carboxylic acids is 2. The summed E-state index contributed by atoms with van der Waals surface area (Å²) in [6.45, 7) is 1.71. The smallest absolute Gasteiger partial charge is 0.360 e. The lowest BCUT2D eigenvalue weighted by molar-refractivity contribution is -0.125. The second-order valence-corrected chi connectivity index (χ2v) is 9.51. The van der Waals surface area contributed by atoms with Crippen LogP contribution in [0, 0.1) is 0 Å². The Balaban J connectivity index is 1.26. The van der Waals surface area contributed by atoms with E-state index in [1.807, 2.05) is 54.7 Å². The first-order valence-electron chi connectivity index (χ1n) is 12.9. The SMILES string of the molecule is COC(=O)c1cn([C@@H]2C[C@@H](C(=O)NCCc3c[nH]c4ccccc34)N(C/C=C/c3ccc(OC)cc3)C2)nn1. The third-order valence-electron chi connectivity index (χ3n) is 7.10. The number of esters is 1. The standard InChI is InChI=1S/C29H32N6O4/c1-38-23-11-9-20(10-12-23)6-5-15-34-18-22(35-19-26(32-33-35)29(37)39-2)16-27(34)28(36)30-14-13-21-17-31-25-8-4-3-7-24(21)25/h3-12,17,19,22,27,31H,13-16,18H2,1-2H3,(H,30,36)/b6-5+/t22-,27+/m1/s1. The van der Waals surface area contributed by atoms with Gasteiger partial charge in [-0.1, -0.05) is 47.7 Å². The number of fused-ring (bicyclic) bond motifs is 1. The molecule has 3 heterocycles. The molecule has 0 radical (unpaired) electrons. The summed E-state index contributed by atoms with van der Waals surface area (Å²) in [6, 6.07) is 15.5. The third kappa shape index (κ3) is 6.01. The van der Waals surface area contributed by atoms with Gasteiger partial charge in [0.25, 0.3) is 0 Å². The Morgan fingerprint density at radius 3 is 2.77 bits per heavy atom. The molecule has 1 amide bonds. The van der Waals surface area contributed by atoms with Gasteiger partial charge in [0.1, 0.15) is 5.75 Å². The topological polar surface area (TPSA) is 114 Å². The van der Waals surface area contributed by atoms with Crippen LogP contribution in [0.15, 0.2) is 67.0 Å². The van der Waals surface area contributed by atoms with Gasteiger partial charge < -0.3 is 19.8 Å². The second kappa shape index (κ2) is 12.0. The van der Waals surface area contributed by atoms with Crippen LogP contribution >= 0.6 is 0 Å². The Morgan fingerprint density at radius 1 is 1.15 bits per heavy atom. The molecule has 0 bridgehead atoms. The largest absolute Gasteiger partial charge is 0.497 e. The highest BCUT2D eigenvalue weighted by atomic mass is 16.5. The molecule has 4 aromatic rings. The summed E-state index contributed by atoms with van der Waals surface area (Å²) < 4.78 is 11.6. The Bertz CT molecular complexity index is 1460. The van der Waals surface area contributed by atoms with Gasteiger partial charge in [0, 0.05) is 36.7 Å². The second-order valence-electron chi connectivity index (χ2n) is 9.51. The lowest BCUT2D eigenvalue weighted by Gasteiger charge is -2.22. The molecule has 10 nitrogen and oxygen atoms in total. The molecule has 1 aliphatic heterocycles. The number of nitrogens with zero attached hydrogens (tertiary/aromatic N) is 4. The van der Waals surface area contributed by atoms with Crippen molar-refractivity contribution in [3.63, 3.8) is 0 Å². The van der Waals surface area contributed by atoms with E-state index in [0.717, 1.165) is 23.3 Å². The Morgan fingerprint density at radius 2 is 1.97 bits per heavy atom. The number of para-hydroxylation sites is 1. The van der Waals surface area contributed by atoms with Crippen molar-refractivity contribution >= 4 is 28.9 Å². The van der Waals surface area contributed by atoms with Crippen LogP contribution in [-0.2, 0) is 16.0 Å². The molecular formula is C29H32N6O4. The molecule has 202 valence electrons. The van der Waals surface area contributed by atoms with Gasteiger partial charge in [0.15, 0.2) is 5.69 Å². The number of hydrogen-bond acceptors (Lipinski definition) is 7. The molecule has 1 fully saturated rings. The summed E-state index contributed by atoms with van der Waals surface area (Å²) in [7, 11) is 2.95. The number of methoxy groups -OCH3 is 2. The van der Waals surface area contributed by atoms with Gasteiger partial charge in [-0.2, -0.15) is 0 Å². The van der Waals surface area contributed by atoms with Crippen LogP contribution in [0.25, 0.3) is 17.0 Å². The Labute approximate surface area is 226 Å². The van der Waals surface area contributed by atoms with Crippen molar-refractivity contribution in [2.75, 3.05) is 33.9 Å². The van der Waals surface area contributed by atoms with Crippen LogP contribution < -0.4 is 10.1 Å². The number of benzene rings is 2. The first-order chi connectivity index (χ1) is 19.1. The summed E-state index contributed by atoms with van der Waals surface area (Å²) in [5, 5.41) is 12.4. The zero-order valence-electron chi connectivity index (χ0n) is 22.0. The van der Waals surface area contributed by atoms with Gasteiger partial charge in [-0.05, 0) is 42.2 Å². The van der Waals surface area contributed by atoms with E-state index >= 15 is 0 Å².